The predicted molar refractivity (Wildman–Crippen MR) is 77.1 cm³/mol. The topological polar surface area (TPSA) is 38.3 Å². The third-order valence-corrected chi connectivity index (χ3v) is 3.74. The summed E-state index contributed by atoms with van der Waals surface area (Å²) in [6.07, 6.45) is 0. The van der Waals surface area contributed by atoms with E-state index in [1.807, 2.05) is 31.2 Å². The second kappa shape index (κ2) is 8.40. The lowest BCUT2D eigenvalue weighted by Gasteiger charge is -2.14. The Morgan fingerprint density at radius 3 is 2.67 bits per heavy atom. The number of ether oxygens (including phenoxy) is 1. The van der Waals surface area contributed by atoms with Gasteiger partial charge in [-0.05, 0) is 31.7 Å². The molecular weight excluding hydrogens is 270 g/mol. The third-order valence-electron chi connectivity index (χ3n) is 2.39. The molecular formula is C13H18ClNO2S. The molecule has 0 amide bonds. The van der Waals surface area contributed by atoms with Crippen molar-refractivity contribution >= 4 is 29.3 Å². The Bertz CT molecular complexity index is 370. The molecule has 5 heteroatoms. The highest BCUT2D eigenvalue weighted by Crippen LogP contribution is 2.16. The zero-order chi connectivity index (χ0) is 13.4. The normalized spacial score (nSPS) is 12.2. The van der Waals surface area contributed by atoms with Gasteiger partial charge in [0.15, 0.2) is 0 Å². The average Bonchev–Trinajstić information content (AvgIpc) is 2.37. The van der Waals surface area contributed by atoms with Crippen molar-refractivity contribution in [3.05, 3.63) is 34.9 Å². The maximum atomic E-state index is 11.5. The Hall–Kier alpha value is -0.710. The summed E-state index contributed by atoms with van der Waals surface area (Å²) in [7, 11) is 1.77. The van der Waals surface area contributed by atoms with E-state index in [2.05, 4.69) is 5.32 Å². The van der Waals surface area contributed by atoms with Crippen LogP contribution in [0.5, 0.6) is 0 Å². The molecule has 0 spiro atoms. The van der Waals surface area contributed by atoms with Crippen molar-refractivity contribution in [3.63, 3.8) is 0 Å². The number of carbonyl (C=O) groups excluding carboxylic acids is 1. The molecule has 1 N–H and O–H groups in total. The first-order chi connectivity index (χ1) is 8.67. The smallest absolute Gasteiger partial charge is 0.323 e. The van der Waals surface area contributed by atoms with E-state index >= 15 is 0 Å². The number of likely N-dealkylation sites (N-methyl/N-ethyl adjacent to an activating group) is 1. The molecule has 100 valence electrons. The van der Waals surface area contributed by atoms with Gasteiger partial charge in [0.1, 0.15) is 6.04 Å². The molecule has 0 saturated heterocycles. The SMILES string of the molecule is CCOC(=O)C(CSCc1ccc(Cl)cc1)NC. The van der Waals surface area contributed by atoms with Crippen LogP contribution in [0.3, 0.4) is 0 Å². The third kappa shape index (κ3) is 5.29. The highest BCUT2D eigenvalue weighted by molar-refractivity contribution is 7.98. The van der Waals surface area contributed by atoms with Crippen LogP contribution in [0.25, 0.3) is 0 Å². The van der Waals surface area contributed by atoms with Crippen molar-refractivity contribution in [2.24, 2.45) is 0 Å². The number of benzene rings is 1. The van der Waals surface area contributed by atoms with Gasteiger partial charge >= 0.3 is 5.97 Å². The molecule has 1 atom stereocenters. The Morgan fingerprint density at radius 2 is 2.11 bits per heavy atom. The highest BCUT2D eigenvalue weighted by Gasteiger charge is 2.17. The molecule has 1 rings (SSSR count). The van der Waals surface area contributed by atoms with E-state index in [4.69, 9.17) is 16.3 Å². The minimum absolute atomic E-state index is 0.191. The van der Waals surface area contributed by atoms with Crippen LogP contribution < -0.4 is 5.32 Å². The first kappa shape index (κ1) is 15.3. The minimum atomic E-state index is -0.248. The second-order valence-electron chi connectivity index (χ2n) is 3.73. The number of esters is 1. The predicted octanol–water partition coefficient (Wildman–Crippen LogP) is 2.72. The average molecular weight is 288 g/mol. The zero-order valence-electron chi connectivity index (χ0n) is 10.6. The molecule has 0 radical (unpaired) electrons. The molecule has 0 bridgehead atoms. The first-order valence-corrected chi connectivity index (χ1v) is 7.36. The van der Waals surface area contributed by atoms with Crippen LogP contribution in [0.2, 0.25) is 5.02 Å². The second-order valence-corrected chi connectivity index (χ2v) is 5.20. The maximum absolute atomic E-state index is 11.5. The fourth-order valence-electron chi connectivity index (χ4n) is 1.39. The van der Waals surface area contributed by atoms with Gasteiger partial charge < -0.3 is 10.1 Å². The number of hydrogen-bond acceptors (Lipinski definition) is 4. The minimum Gasteiger partial charge on any atom is -0.465 e. The summed E-state index contributed by atoms with van der Waals surface area (Å²) in [5, 5.41) is 3.70. The lowest BCUT2D eigenvalue weighted by atomic mass is 10.2. The van der Waals surface area contributed by atoms with Crippen molar-refractivity contribution in [1.82, 2.24) is 5.32 Å². The molecule has 1 unspecified atom stereocenters. The van der Waals surface area contributed by atoms with Crippen LogP contribution in [0.15, 0.2) is 24.3 Å². The van der Waals surface area contributed by atoms with Gasteiger partial charge in [0.2, 0.25) is 0 Å². The number of rotatable bonds is 7. The van der Waals surface area contributed by atoms with Gasteiger partial charge in [-0.15, -0.1) is 0 Å². The Morgan fingerprint density at radius 1 is 1.44 bits per heavy atom. The van der Waals surface area contributed by atoms with Crippen molar-refractivity contribution in [2.75, 3.05) is 19.4 Å². The van der Waals surface area contributed by atoms with Gasteiger partial charge in [0.05, 0.1) is 6.61 Å². The van der Waals surface area contributed by atoms with Crippen LogP contribution in [-0.4, -0.2) is 31.4 Å². The molecule has 0 aliphatic heterocycles. The van der Waals surface area contributed by atoms with Gasteiger partial charge in [-0.1, -0.05) is 23.7 Å². The molecule has 0 heterocycles. The quantitative estimate of drug-likeness (QED) is 0.783. The van der Waals surface area contributed by atoms with E-state index in [1.165, 1.54) is 5.56 Å². The molecule has 0 aliphatic carbocycles. The van der Waals surface area contributed by atoms with Crippen LogP contribution in [0, 0.1) is 0 Å². The summed E-state index contributed by atoms with van der Waals surface area (Å²) in [6.45, 7) is 2.23. The van der Waals surface area contributed by atoms with E-state index in [-0.39, 0.29) is 12.0 Å². The van der Waals surface area contributed by atoms with E-state index in [9.17, 15) is 4.79 Å². The molecule has 0 aromatic heterocycles. The summed E-state index contributed by atoms with van der Waals surface area (Å²) >= 11 is 7.51. The lowest BCUT2D eigenvalue weighted by Crippen LogP contribution is -2.37. The Labute approximate surface area is 117 Å². The Balaban J connectivity index is 2.35. The van der Waals surface area contributed by atoms with Gasteiger partial charge in [0, 0.05) is 16.5 Å². The molecule has 0 saturated carbocycles. The molecule has 3 nitrogen and oxygen atoms in total. The van der Waals surface area contributed by atoms with Gasteiger partial charge in [-0.25, -0.2) is 0 Å². The summed E-state index contributed by atoms with van der Waals surface area (Å²) in [6, 6.07) is 7.49. The molecule has 0 aliphatic rings. The maximum Gasteiger partial charge on any atom is 0.323 e. The molecule has 1 aromatic carbocycles. The summed E-state index contributed by atoms with van der Waals surface area (Å²) in [5.74, 6) is 1.36. The monoisotopic (exact) mass is 287 g/mol. The van der Waals surface area contributed by atoms with Crippen molar-refractivity contribution in [3.8, 4) is 0 Å². The summed E-state index contributed by atoms with van der Waals surface area (Å²) < 4.78 is 4.98. The van der Waals surface area contributed by atoms with Crippen molar-refractivity contribution < 1.29 is 9.53 Å². The highest BCUT2D eigenvalue weighted by atomic mass is 35.5. The van der Waals surface area contributed by atoms with Crippen molar-refractivity contribution in [2.45, 2.75) is 18.7 Å². The van der Waals surface area contributed by atoms with Gasteiger partial charge in [0.25, 0.3) is 0 Å². The lowest BCUT2D eigenvalue weighted by molar-refractivity contribution is -0.144. The number of halogens is 1. The standard InChI is InChI=1S/C13H18ClNO2S/c1-3-17-13(16)12(15-2)9-18-8-10-4-6-11(14)7-5-10/h4-7,12,15H,3,8-9H2,1-2H3. The number of thioether (sulfide) groups is 1. The van der Waals surface area contributed by atoms with Gasteiger partial charge in [-0.3, -0.25) is 4.79 Å². The van der Waals surface area contributed by atoms with Crippen LogP contribution in [-0.2, 0) is 15.3 Å². The summed E-state index contributed by atoms with van der Waals surface area (Å²) in [5.41, 5.74) is 1.20. The van der Waals surface area contributed by atoms with Gasteiger partial charge in [-0.2, -0.15) is 11.8 Å². The Kier molecular flexibility index (Phi) is 7.16. The van der Waals surface area contributed by atoms with E-state index in [1.54, 1.807) is 18.8 Å². The fraction of sp³-hybridized carbons (Fsp3) is 0.462. The fourth-order valence-corrected chi connectivity index (χ4v) is 2.60. The van der Waals surface area contributed by atoms with Crippen molar-refractivity contribution in [1.29, 1.82) is 0 Å². The number of nitrogens with one attached hydrogen (secondary N) is 1. The van der Waals surface area contributed by atoms with E-state index in [0.29, 0.717) is 12.4 Å². The van der Waals surface area contributed by atoms with Crippen LogP contribution >= 0.6 is 23.4 Å². The first-order valence-electron chi connectivity index (χ1n) is 5.83. The van der Waals surface area contributed by atoms with Crippen LogP contribution in [0.4, 0.5) is 0 Å². The summed E-state index contributed by atoms with van der Waals surface area (Å²) in [4.78, 5) is 11.5. The van der Waals surface area contributed by atoms with E-state index < -0.39 is 0 Å². The molecule has 18 heavy (non-hydrogen) atoms. The largest absolute Gasteiger partial charge is 0.465 e. The number of hydrogen-bond donors (Lipinski definition) is 1. The van der Waals surface area contributed by atoms with E-state index in [0.717, 1.165) is 10.8 Å². The van der Waals surface area contributed by atoms with Crippen LogP contribution in [0.1, 0.15) is 12.5 Å². The molecule has 1 aromatic rings. The number of carbonyl (C=O) groups is 1. The zero-order valence-corrected chi connectivity index (χ0v) is 12.2. The molecule has 0 fully saturated rings.